The number of carbonyl (C=O) groups excluding carboxylic acids is 2. The molecule has 1 radical (unpaired) electrons. The Balaban J connectivity index is 1.29. The van der Waals surface area contributed by atoms with Crippen LogP contribution < -0.4 is 14.8 Å². The van der Waals surface area contributed by atoms with Crippen molar-refractivity contribution in [2.24, 2.45) is 0 Å². The number of aryl methyl sites for hydroxylation is 1. The Morgan fingerprint density at radius 1 is 1.03 bits per heavy atom. The fourth-order valence-electron chi connectivity index (χ4n) is 5.04. The molecule has 1 N–H and O–H groups in total. The molecule has 3 aromatic carbocycles. The van der Waals surface area contributed by atoms with E-state index >= 15 is 0 Å². The second-order valence-corrected chi connectivity index (χ2v) is 9.52. The quantitative estimate of drug-likeness (QED) is 0.549. The second kappa shape index (κ2) is 8.13. The number of benzene rings is 3. The van der Waals surface area contributed by atoms with Crippen LogP contribution in [0.5, 0.6) is 11.5 Å². The standard InChI is InChI=1S/C28H22F2NO5/c1-16-5-7-21-19(11-16)13-23(18-4-2-3-17(12-18)15-32)34-25(21)31-26(33)27(9-10-27)20-6-8-22-24(14-20)36-28(29,30)35-22/h2-8,11-12,14,23,25H,9-10,13H2,1H3,(H,31,33)/t23-,25-/m1/s1. The monoisotopic (exact) mass is 490 g/mol. The maximum atomic E-state index is 13.6. The van der Waals surface area contributed by atoms with Crippen LogP contribution in [0.1, 0.15) is 58.6 Å². The topological polar surface area (TPSA) is 73.9 Å². The van der Waals surface area contributed by atoms with Crippen molar-refractivity contribution < 1.29 is 32.6 Å². The number of amides is 1. The lowest BCUT2D eigenvalue weighted by Gasteiger charge is -2.34. The molecule has 8 heteroatoms. The number of rotatable bonds is 5. The van der Waals surface area contributed by atoms with E-state index in [2.05, 4.69) is 20.9 Å². The van der Waals surface area contributed by atoms with Crippen molar-refractivity contribution in [3.8, 4) is 11.5 Å². The number of alkyl halides is 2. The highest BCUT2D eigenvalue weighted by atomic mass is 19.3. The van der Waals surface area contributed by atoms with Crippen molar-refractivity contribution in [1.29, 1.82) is 0 Å². The summed E-state index contributed by atoms with van der Waals surface area (Å²) in [5.41, 5.74) is 3.98. The second-order valence-electron chi connectivity index (χ2n) is 9.52. The van der Waals surface area contributed by atoms with Crippen molar-refractivity contribution in [2.45, 2.75) is 50.2 Å². The Hall–Kier alpha value is -3.78. The lowest BCUT2D eigenvalue weighted by Crippen LogP contribution is -2.40. The van der Waals surface area contributed by atoms with Gasteiger partial charge in [-0.1, -0.05) is 48.0 Å². The first kappa shape index (κ1) is 22.7. The lowest BCUT2D eigenvalue weighted by molar-refractivity contribution is -0.286. The van der Waals surface area contributed by atoms with E-state index in [4.69, 9.17) is 4.74 Å². The van der Waals surface area contributed by atoms with Crippen molar-refractivity contribution in [3.05, 3.63) is 94.0 Å². The molecule has 6 rings (SSSR count). The predicted octanol–water partition coefficient (Wildman–Crippen LogP) is 4.93. The van der Waals surface area contributed by atoms with Crippen LogP contribution in [0.25, 0.3) is 0 Å². The van der Waals surface area contributed by atoms with E-state index in [0.29, 0.717) is 30.4 Å². The van der Waals surface area contributed by atoms with Gasteiger partial charge in [-0.2, -0.15) is 0 Å². The van der Waals surface area contributed by atoms with Crippen LogP contribution in [0.3, 0.4) is 0 Å². The molecule has 0 bridgehead atoms. The summed E-state index contributed by atoms with van der Waals surface area (Å²) in [6.07, 6.45) is -1.17. The zero-order chi connectivity index (χ0) is 25.1. The first-order valence-corrected chi connectivity index (χ1v) is 11.7. The third-order valence-corrected chi connectivity index (χ3v) is 7.06. The number of hydrogen-bond donors (Lipinski definition) is 1. The molecule has 36 heavy (non-hydrogen) atoms. The van der Waals surface area contributed by atoms with E-state index in [1.807, 2.05) is 31.4 Å². The molecule has 183 valence electrons. The maximum absolute atomic E-state index is 13.6. The lowest BCUT2D eigenvalue weighted by atomic mass is 9.90. The molecule has 2 atom stereocenters. The molecule has 0 spiro atoms. The van der Waals surface area contributed by atoms with E-state index in [1.54, 1.807) is 24.3 Å². The molecule has 0 unspecified atom stereocenters. The van der Waals surface area contributed by atoms with Crippen molar-refractivity contribution in [2.75, 3.05) is 0 Å². The Morgan fingerprint density at radius 3 is 2.61 bits per heavy atom. The Morgan fingerprint density at radius 2 is 1.83 bits per heavy atom. The van der Waals surface area contributed by atoms with Gasteiger partial charge in [-0.25, -0.2) is 0 Å². The molecule has 1 saturated carbocycles. The third-order valence-electron chi connectivity index (χ3n) is 7.06. The van der Waals surface area contributed by atoms with Gasteiger partial charge in [0.05, 0.1) is 11.5 Å². The van der Waals surface area contributed by atoms with Crippen molar-refractivity contribution >= 4 is 12.2 Å². The summed E-state index contributed by atoms with van der Waals surface area (Å²) in [7, 11) is 0. The molecular weight excluding hydrogens is 468 g/mol. The van der Waals surface area contributed by atoms with E-state index in [1.165, 1.54) is 12.1 Å². The summed E-state index contributed by atoms with van der Waals surface area (Å²) in [5, 5.41) is 3.05. The molecule has 3 aromatic rings. The normalized spacial score (nSPS) is 22.4. The molecule has 1 amide bonds. The van der Waals surface area contributed by atoms with Gasteiger partial charge in [0.2, 0.25) is 12.2 Å². The van der Waals surface area contributed by atoms with Crippen LogP contribution >= 0.6 is 0 Å². The van der Waals surface area contributed by atoms with Gasteiger partial charge in [-0.05, 0) is 54.7 Å². The fraction of sp³-hybridized carbons (Fsp3) is 0.286. The van der Waals surface area contributed by atoms with Crippen LogP contribution in [-0.2, 0) is 26.2 Å². The summed E-state index contributed by atoms with van der Waals surface area (Å²) in [5.74, 6) is -0.393. The molecular formula is C28H22F2NO5. The number of halogens is 2. The maximum Gasteiger partial charge on any atom is 0.586 e. The van der Waals surface area contributed by atoms with Crippen LogP contribution in [0.15, 0.2) is 60.7 Å². The van der Waals surface area contributed by atoms with Gasteiger partial charge in [0.1, 0.15) is 0 Å². The predicted molar refractivity (Wildman–Crippen MR) is 124 cm³/mol. The van der Waals surface area contributed by atoms with Gasteiger partial charge in [0.25, 0.3) is 0 Å². The van der Waals surface area contributed by atoms with Crippen LogP contribution in [-0.4, -0.2) is 18.5 Å². The smallest absolute Gasteiger partial charge is 0.395 e. The molecule has 0 aromatic heterocycles. The zero-order valence-electron chi connectivity index (χ0n) is 19.3. The average molecular weight is 490 g/mol. The van der Waals surface area contributed by atoms with Gasteiger partial charge in [0.15, 0.2) is 17.7 Å². The minimum atomic E-state index is -3.72. The van der Waals surface area contributed by atoms with Gasteiger partial charge in [0, 0.05) is 17.5 Å². The van der Waals surface area contributed by atoms with Crippen LogP contribution in [0.2, 0.25) is 0 Å². The summed E-state index contributed by atoms with van der Waals surface area (Å²) in [4.78, 5) is 24.8. The summed E-state index contributed by atoms with van der Waals surface area (Å²) in [6.45, 7) is 2.00. The highest BCUT2D eigenvalue weighted by Gasteiger charge is 2.53. The van der Waals surface area contributed by atoms with Crippen LogP contribution in [0, 0.1) is 6.92 Å². The summed E-state index contributed by atoms with van der Waals surface area (Å²) >= 11 is 0. The van der Waals surface area contributed by atoms with E-state index in [9.17, 15) is 18.4 Å². The molecule has 2 heterocycles. The first-order chi connectivity index (χ1) is 17.3. The molecule has 1 fully saturated rings. The Labute approximate surface area is 206 Å². The summed E-state index contributed by atoms with van der Waals surface area (Å²) < 4.78 is 42.4. The molecule has 0 saturated heterocycles. The molecule has 6 nitrogen and oxygen atoms in total. The van der Waals surface area contributed by atoms with Crippen LogP contribution in [0.4, 0.5) is 8.78 Å². The van der Waals surface area contributed by atoms with E-state index in [-0.39, 0.29) is 23.5 Å². The van der Waals surface area contributed by atoms with Crippen molar-refractivity contribution in [3.63, 3.8) is 0 Å². The van der Waals surface area contributed by atoms with E-state index < -0.39 is 17.9 Å². The SMILES string of the molecule is Cc1ccc2c(c1)C[C@H](c1cccc([C]=O)c1)O[C@H]2NC(=O)C1(c2ccc3c(c2)OC(F)(F)O3)CC1. The fourth-order valence-corrected chi connectivity index (χ4v) is 5.04. The number of carbonyl (C=O) groups is 1. The van der Waals surface area contributed by atoms with Gasteiger partial charge < -0.3 is 19.5 Å². The van der Waals surface area contributed by atoms with E-state index in [0.717, 1.165) is 22.3 Å². The van der Waals surface area contributed by atoms with Crippen molar-refractivity contribution in [1.82, 2.24) is 5.32 Å². The zero-order valence-corrected chi connectivity index (χ0v) is 19.3. The van der Waals surface area contributed by atoms with Gasteiger partial charge in [-0.15, -0.1) is 8.78 Å². The number of fused-ring (bicyclic) bond motifs is 2. The number of hydrogen-bond acceptors (Lipinski definition) is 5. The number of ether oxygens (including phenoxy) is 3. The minimum absolute atomic E-state index is 0.0579. The van der Waals surface area contributed by atoms with Gasteiger partial charge in [-0.3, -0.25) is 9.59 Å². The average Bonchev–Trinajstić information content (AvgIpc) is 3.60. The third kappa shape index (κ3) is 3.91. The Kier molecular flexibility index (Phi) is 5.12. The molecule has 3 aliphatic rings. The highest BCUT2D eigenvalue weighted by Crippen LogP contribution is 2.52. The molecule has 1 aliphatic carbocycles. The highest BCUT2D eigenvalue weighted by molar-refractivity contribution is 5.91. The largest absolute Gasteiger partial charge is 0.586 e. The minimum Gasteiger partial charge on any atom is -0.395 e. The number of nitrogens with one attached hydrogen (secondary N) is 1. The summed E-state index contributed by atoms with van der Waals surface area (Å²) in [6, 6.07) is 17.5. The Bertz CT molecular complexity index is 1380. The van der Waals surface area contributed by atoms with Gasteiger partial charge >= 0.3 is 6.29 Å². The molecule has 2 aliphatic heterocycles. The first-order valence-electron chi connectivity index (χ1n) is 11.7.